The number of fused-ring (bicyclic) bond motifs is 1. The Morgan fingerprint density at radius 2 is 1.74 bits per heavy atom. The summed E-state index contributed by atoms with van der Waals surface area (Å²) in [6, 6.07) is 6.78. The molecule has 0 saturated carbocycles. The fourth-order valence-electron chi connectivity index (χ4n) is 4.52. The summed E-state index contributed by atoms with van der Waals surface area (Å²) in [5, 5.41) is 0. The molecule has 0 spiro atoms. The second-order valence-electron chi connectivity index (χ2n) is 8.05. The van der Waals surface area contributed by atoms with Crippen LogP contribution in [0.4, 0.5) is 0 Å². The lowest BCUT2D eigenvalue weighted by atomic mass is 9.91. The van der Waals surface area contributed by atoms with Crippen molar-refractivity contribution in [2.45, 2.75) is 59.8 Å². The SMILES string of the molecule is CCCCC(CN)c1cc(C)nc2c(-c3c(C)cc(C)cc3C)cn(C)c12. The molecule has 0 saturated heterocycles. The zero-order valence-electron chi connectivity index (χ0n) is 17.7. The Hall–Kier alpha value is -2.13. The molecule has 1 unspecified atom stereocenters. The van der Waals surface area contributed by atoms with Gasteiger partial charge in [0.05, 0.1) is 11.0 Å². The Morgan fingerprint density at radius 1 is 1.07 bits per heavy atom. The van der Waals surface area contributed by atoms with Crippen LogP contribution in [0.15, 0.2) is 24.4 Å². The van der Waals surface area contributed by atoms with Gasteiger partial charge in [-0.3, -0.25) is 4.98 Å². The minimum atomic E-state index is 0.385. The summed E-state index contributed by atoms with van der Waals surface area (Å²) in [7, 11) is 2.14. The summed E-state index contributed by atoms with van der Waals surface area (Å²) in [5.74, 6) is 0.385. The number of hydrogen-bond donors (Lipinski definition) is 1. The molecular weight excluding hydrogens is 330 g/mol. The molecule has 3 nitrogen and oxygen atoms in total. The summed E-state index contributed by atoms with van der Waals surface area (Å²) in [4.78, 5) is 4.97. The number of aryl methyl sites for hydroxylation is 5. The van der Waals surface area contributed by atoms with Gasteiger partial charge >= 0.3 is 0 Å². The van der Waals surface area contributed by atoms with Crippen LogP contribution in [0.5, 0.6) is 0 Å². The van der Waals surface area contributed by atoms with E-state index < -0.39 is 0 Å². The monoisotopic (exact) mass is 363 g/mol. The van der Waals surface area contributed by atoms with Crippen molar-refractivity contribution < 1.29 is 0 Å². The highest BCUT2D eigenvalue weighted by Crippen LogP contribution is 2.38. The zero-order valence-corrected chi connectivity index (χ0v) is 17.7. The van der Waals surface area contributed by atoms with E-state index in [2.05, 4.69) is 70.6 Å². The number of unbranched alkanes of at least 4 members (excludes halogenated alkanes) is 1. The normalized spacial score (nSPS) is 12.7. The van der Waals surface area contributed by atoms with Crippen LogP contribution in [0, 0.1) is 27.7 Å². The minimum Gasteiger partial charge on any atom is -0.348 e. The first-order chi connectivity index (χ1) is 12.9. The summed E-state index contributed by atoms with van der Waals surface area (Å²) < 4.78 is 2.25. The lowest BCUT2D eigenvalue weighted by Gasteiger charge is -2.18. The van der Waals surface area contributed by atoms with Gasteiger partial charge in [-0.15, -0.1) is 0 Å². The highest BCUT2D eigenvalue weighted by atomic mass is 14.9. The number of hydrogen-bond acceptors (Lipinski definition) is 2. The molecule has 0 aliphatic heterocycles. The van der Waals surface area contributed by atoms with Crippen LogP contribution in [0.2, 0.25) is 0 Å². The van der Waals surface area contributed by atoms with E-state index in [0.29, 0.717) is 12.5 Å². The Bertz CT molecular complexity index is 942. The summed E-state index contributed by atoms with van der Waals surface area (Å²) in [6.45, 7) is 11.6. The van der Waals surface area contributed by atoms with Crippen LogP contribution in [0.25, 0.3) is 22.2 Å². The highest BCUT2D eigenvalue weighted by Gasteiger charge is 2.21. The van der Waals surface area contributed by atoms with E-state index in [0.717, 1.165) is 17.6 Å². The van der Waals surface area contributed by atoms with Gasteiger partial charge in [-0.1, -0.05) is 37.5 Å². The first-order valence-corrected chi connectivity index (χ1v) is 10.1. The molecule has 0 bridgehead atoms. The maximum absolute atomic E-state index is 6.19. The van der Waals surface area contributed by atoms with Crippen molar-refractivity contribution in [3.05, 3.63) is 52.3 Å². The van der Waals surface area contributed by atoms with Crippen LogP contribution >= 0.6 is 0 Å². The first kappa shape index (κ1) is 19.6. The van der Waals surface area contributed by atoms with Gasteiger partial charge in [-0.05, 0) is 74.9 Å². The molecule has 144 valence electrons. The Morgan fingerprint density at radius 3 is 2.33 bits per heavy atom. The molecule has 2 aromatic heterocycles. The van der Waals surface area contributed by atoms with E-state index in [1.165, 1.54) is 51.7 Å². The molecule has 0 radical (unpaired) electrons. The van der Waals surface area contributed by atoms with Crippen LogP contribution < -0.4 is 5.73 Å². The van der Waals surface area contributed by atoms with Crippen LogP contribution in [-0.4, -0.2) is 16.1 Å². The predicted molar refractivity (Wildman–Crippen MR) is 116 cm³/mol. The number of pyridine rings is 1. The summed E-state index contributed by atoms with van der Waals surface area (Å²) in [6.07, 6.45) is 5.79. The van der Waals surface area contributed by atoms with Crippen molar-refractivity contribution in [2.24, 2.45) is 12.8 Å². The van der Waals surface area contributed by atoms with Gasteiger partial charge in [0.2, 0.25) is 0 Å². The molecule has 0 amide bonds. The minimum absolute atomic E-state index is 0.385. The number of nitrogens with zero attached hydrogens (tertiary/aromatic N) is 2. The Labute approximate surface area is 163 Å². The third-order valence-corrected chi connectivity index (χ3v) is 5.66. The van der Waals surface area contributed by atoms with Gasteiger partial charge in [-0.25, -0.2) is 0 Å². The van der Waals surface area contributed by atoms with E-state index in [9.17, 15) is 0 Å². The largest absolute Gasteiger partial charge is 0.348 e. The van der Waals surface area contributed by atoms with Crippen molar-refractivity contribution in [1.82, 2.24) is 9.55 Å². The third kappa shape index (κ3) is 3.66. The number of aromatic nitrogens is 2. The fourth-order valence-corrected chi connectivity index (χ4v) is 4.52. The second kappa shape index (κ2) is 7.85. The van der Waals surface area contributed by atoms with Crippen molar-refractivity contribution in [2.75, 3.05) is 6.54 Å². The molecule has 2 N–H and O–H groups in total. The molecule has 0 fully saturated rings. The van der Waals surface area contributed by atoms with Crippen molar-refractivity contribution >= 4 is 11.0 Å². The summed E-state index contributed by atoms with van der Waals surface area (Å²) >= 11 is 0. The number of rotatable bonds is 6. The quantitative estimate of drug-likeness (QED) is 0.610. The smallest absolute Gasteiger partial charge is 0.0965 e. The summed E-state index contributed by atoms with van der Waals surface area (Å²) in [5.41, 5.74) is 17.4. The van der Waals surface area contributed by atoms with E-state index in [4.69, 9.17) is 10.7 Å². The van der Waals surface area contributed by atoms with Gasteiger partial charge in [0, 0.05) is 24.5 Å². The topological polar surface area (TPSA) is 43.8 Å². The molecule has 2 heterocycles. The van der Waals surface area contributed by atoms with Gasteiger partial charge in [-0.2, -0.15) is 0 Å². The van der Waals surface area contributed by atoms with E-state index >= 15 is 0 Å². The van der Waals surface area contributed by atoms with E-state index in [-0.39, 0.29) is 0 Å². The molecule has 27 heavy (non-hydrogen) atoms. The lowest BCUT2D eigenvalue weighted by Crippen LogP contribution is -2.14. The Kier molecular flexibility index (Phi) is 5.71. The van der Waals surface area contributed by atoms with Gasteiger partial charge in [0.1, 0.15) is 0 Å². The molecule has 3 aromatic rings. The maximum atomic E-state index is 6.19. The van der Waals surface area contributed by atoms with Crippen LogP contribution in [0.1, 0.15) is 60.1 Å². The standard InChI is InChI=1S/C24H33N3/c1-7-8-9-19(13-25)20-12-18(5)26-23-21(14-27(6)24(20)23)22-16(3)10-15(2)11-17(22)4/h10-12,14,19H,7-9,13,25H2,1-6H3. The molecular formula is C24H33N3. The van der Waals surface area contributed by atoms with E-state index in [1.807, 2.05) is 0 Å². The molecule has 0 aliphatic carbocycles. The highest BCUT2D eigenvalue weighted by molar-refractivity contribution is 5.96. The molecule has 3 rings (SSSR count). The molecule has 0 aliphatic rings. The molecule has 1 aromatic carbocycles. The average Bonchev–Trinajstić information content (AvgIpc) is 2.91. The number of nitrogens with two attached hydrogens (primary N) is 1. The average molecular weight is 364 g/mol. The first-order valence-electron chi connectivity index (χ1n) is 10.1. The van der Waals surface area contributed by atoms with Crippen LogP contribution in [-0.2, 0) is 7.05 Å². The lowest BCUT2D eigenvalue weighted by molar-refractivity contribution is 0.592. The van der Waals surface area contributed by atoms with Crippen LogP contribution in [0.3, 0.4) is 0 Å². The molecule has 3 heteroatoms. The Balaban J connectivity index is 2.27. The van der Waals surface area contributed by atoms with Crippen molar-refractivity contribution in [3.8, 4) is 11.1 Å². The van der Waals surface area contributed by atoms with Crippen molar-refractivity contribution in [1.29, 1.82) is 0 Å². The zero-order chi connectivity index (χ0) is 19.7. The van der Waals surface area contributed by atoms with Crippen molar-refractivity contribution in [3.63, 3.8) is 0 Å². The maximum Gasteiger partial charge on any atom is 0.0965 e. The number of benzene rings is 1. The van der Waals surface area contributed by atoms with Gasteiger partial charge < -0.3 is 10.3 Å². The molecule has 1 atom stereocenters. The van der Waals surface area contributed by atoms with E-state index in [1.54, 1.807) is 0 Å². The third-order valence-electron chi connectivity index (χ3n) is 5.66. The van der Waals surface area contributed by atoms with Gasteiger partial charge in [0.15, 0.2) is 0 Å². The van der Waals surface area contributed by atoms with Gasteiger partial charge in [0.25, 0.3) is 0 Å². The predicted octanol–water partition coefficient (Wildman–Crippen LogP) is 5.71. The fraction of sp³-hybridized carbons (Fsp3) is 0.458. The second-order valence-corrected chi connectivity index (χ2v) is 8.05.